The number of rotatable bonds is 3. The van der Waals surface area contributed by atoms with Crippen LogP contribution in [0.5, 0.6) is 11.5 Å². The topological polar surface area (TPSA) is 81.9 Å². The quantitative estimate of drug-likeness (QED) is 0.296. The maximum Gasteiger partial charge on any atom is 0.151 e. The van der Waals surface area contributed by atoms with Crippen LogP contribution >= 0.6 is 0 Å². The van der Waals surface area contributed by atoms with Crippen LogP contribution in [0.2, 0.25) is 0 Å². The molecular formula is C29H22N6O. The Kier molecular flexibility index (Phi) is 4.06. The molecule has 2 aromatic heterocycles. The lowest BCUT2D eigenvalue weighted by molar-refractivity contribution is 0.414. The Bertz CT molecular complexity index is 1660. The molecule has 4 aromatic carbocycles. The number of benzene rings is 4. The molecule has 0 bridgehead atoms. The van der Waals surface area contributed by atoms with Crippen molar-refractivity contribution in [1.82, 2.24) is 25.7 Å². The molecule has 4 heterocycles. The zero-order chi connectivity index (χ0) is 23.6. The summed E-state index contributed by atoms with van der Waals surface area (Å²) < 4.78 is 6.60. The van der Waals surface area contributed by atoms with Crippen molar-refractivity contribution in [3.8, 4) is 33.8 Å². The summed E-state index contributed by atoms with van der Waals surface area (Å²) in [6.07, 6.45) is 3.72. The average Bonchev–Trinajstić information content (AvgIpc) is 3.55. The Morgan fingerprint density at radius 3 is 1.64 bits per heavy atom. The van der Waals surface area contributed by atoms with E-state index in [0.29, 0.717) is 6.04 Å². The van der Waals surface area contributed by atoms with E-state index in [1.54, 1.807) is 0 Å². The molecule has 0 unspecified atom stereocenters. The smallest absolute Gasteiger partial charge is 0.151 e. The average molecular weight is 471 g/mol. The minimum Gasteiger partial charge on any atom is -0.453 e. The first-order valence-corrected chi connectivity index (χ1v) is 12.1. The van der Waals surface area contributed by atoms with E-state index in [-0.39, 0.29) is 0 Å². The molecule has 7 heteroatoms. The fourth-order valence-corrected chi connectivity index (χ4v) is 5.29. The molecule has 8 rings (SSSR count). The molecule has 7 nitrogen and oxygen atoms in total. The van der Waals surface area contributed by atoms with E-state index >= 15 is 0 Å². The maximum atomic E-state index is 6.60. The lowest BCUT2D eigenvalue weighted by Gasteiger charge is -2.43. The van der Waals surface area contributed by atoms with Crippen LogP contribution in [0.25, 0.3) is 44.1 Å². The molecule has 0 radical (unpaired) electrons. The third-order valence-electron chi connectivity index (χ3n) is 7.33. The number of hydrogen-bond acceptors (Lipinski definition) is 5. The highest BCUT2D eigenvalue weighted by Crippen LogP contribution is 2.50. The summed E-state index contributed by atoms with van der Waals surface area (Å²) in [5.74, 6) is 1.75. The second-order valence-corrected chi connectivity index (χ2v) is 9.49. The number of aromatic nitrogens is 4. The molecule has 0 spiro atoms. The zero-order valence-corrected chi connectivity index (χ0v) is 19.3. The van der Waals surface area contributed by atoms with Crippen LogP contribution in [0.3, 0.4) is 0 Å². The predicted molar refractivity (Wildman–Crippen MR) is 142 cm³/mol. The zero-order valence-electron chi connectivity index (χ0n) is 19.3. The highest BCUT2D eigenvalue weighted by Gasteiger charge is 2.33. The van der Waals surface area contributed by atoms with Crippen molar-refractivity contribution in [2.24, 2.45) is 0 Å². The number of fused-ring (bicyclic) bond motifs is 4. The number of hydrogen-bond donors (Lipinski definition) is 3. The van der Waals surface area contributed by atoms with Gasteiger partial charge in [0, 0.05) is 23.9 Å². The summed E-state index contributed by atoms with van der Waals surface area (Å²) >= 11 is 0. The molecule has 2 aliphatic rings. The van der Waals surface area contributed by atoms with Crippen molar-refractivity contribution >= 4 is 33.2 Å². The third kappa shape index (κ3) is 2.96. The highest BCUT2D eigenvalue weighted by atomic mass is 16.5. The molecule has 0 aliphatic carbocycles. The fraction of sp³-hybridized carbons (Fsp3) is 0.103. The van der Waals surface area contributed by atoms with Crippen LogP contribution in [-0.4, -0.2) is 39.5 Å². The van der Waals surface area contributed by atoms with Gasteiger partial charge in [-0.25, -0.2) is 0 Å². The minimum absolute atomic E-state index is 0.396. The third-order valence-corrected chi connectivity index (χ3v) is 7.33. The first kappa shape index (κ1) is 19.7. The monoisotopic (exact) mass is 470 g/mol. The lowest BCUT2D eigenvalue weighted by atomic mass is 9.98. The van der Waals surface area contributed by atoms with Gasteiger partial charge in [0.15, 0.2) is 11.5 Å². The van der Waals surface area contributed by atoms with Crippen molar-refractivity contribution in [3.05, 3.63) is 85.2 Å². The molecule has 174 valence electrons. The Labute approximate surface area is 206 Å². The normalized spacial score (nSPS) is 14.9. The van der Waals surface area contributed by atoms with Gasteiger partial charge < -0.3 is 15.0 Å². The Morgan fingerprint density at radius 1 is 0.639 bits per heavy atom. The number of H-pyrrole nitrogens is 2. The van der Waals surface area contributed by atoms with Crippen LogP contribution in [0, 0.1) is 0 Å². The van der Waals surface area contributed by atoms with Gasteiger partial charge in [-0.1, -0.05) is 24.3 Å². The van der Waals surface area contributed by atoms with Gasteiger partial charge in [0.25, 0.3) is 0 Å². The minimum atomic E-state index is 0.396. The van der Waals surface area contributed by atoms with Gasteiger partial charge in [0.05, 0.1) is 40.8 Å². The summed E-state index contributed by atoms with van der Waals surface area (Å²) in [7, 11) is 0. The molecule has 0 saturated carbocycles. The Balaban J connectivity index is 1.23. The van der Waals surface area contributed by atoms with Crippen LogP contribution in [0.4, 0.5) is 11.4 Å². The maximum absolute atomic E-state index is 6.60. The van der Waals surface area contributed by atoms with Gasteiger partial charge >= 0.3 is 0 Å². The van der Waals surface area contributed by atoms with Crippen molar-refractivity contribution in [2.75, 3.05) is 18.0 Å². The van der Waals surface area contributed by atoms with Gasteiger partial charge in [0.2, 0.25) is 0 Å². The van der Waals surface area contributed by atoms with E-state index in [9.17, 15) is 0 Å². The molecule has 36 heavy (non-hydrogen) atoms. The second kappa shape index (κ2) is 7.44. The van der Waals surface area contributed by atoms with Crippen LogP contribution in [0.15, 0.2) is 85.2 Å². The van der Waals surface area contributed by atoms with Gasteiger partial charge in [-0.15, -0.1) is 0 Å². The molecule has 0 amide bonds. The van der Waals surface area contributed by atoms with E-state index in [1.165, 1.54) is 0 Å². The number of nitrogens with one attached hydrogen (secondary N) is 3. The Hall–Kier alpha value is -4.62. The van der Waals surface area contributed by atoms with E-state index in [0.717, 1.165) is 80.0 Å². The summed E-state index contributed by atoms with van der Waals surface area (Å²) in [4.78, 5) is 2.43. The number of anilines is 2. The summed E-state index contributed by atoms with van der Waals surface area (Å²) in [5, 5.41) is 20.0. The van der Waals surface area contributed by atoms with Crippen LogP contribution in [0.1, 0.15) is 0 Å². The predicted octanol–water partition coefficient (Wildman–Crippen LogP) is 5.99. The molecule has 1 saturated heterocycles. The molecule has 0 atom stereocenters. The number of nitrogens with zero attached hydrogens (tertiary/aromatic N) is 3. The molecule has 3 N–H and O–H groups in total. The van der Waals surface area contributed by atoms with Crippen LogP contribution in [-0.2, 0) is 0 Å². The first-order valence-electron chi connectivity index (χ1n) is 12.1. The van der Waals surface area contributed by atoms with E-state index in [2.05, 4.69) is 103 Å². The summed E-state index contributed by atoms with van der Waals surface area (Å²) in [6, 6.07) is 26.2. The van der Waals surface area contributed by atoms with E-state index in [1.807, 2.05) is 12.4 Å². The fourth-order valence-electron chi connectivity index (χ4n) is 5.29. The summed E-state index contributed by atoms with van der Waals surface area (Å²) in [6.45, 7) is 1.91. The van der Waals surface area contributed by atoms with E-state index in [4.69, 9.17) is 4.74 Å². The largest absolute Gasteiger partial charge is 0.453 e. The molecule has 1 fully saturated rings. The standard InChI is InChI=1S/C29H22N6O/c1-5-24-21(13-31-33-24)9-17(1)19-3-7-26-28(11-19)36-29-12-20(4-8-27(29)35(26)23-15-30-16-23)18-2-6-25-22(10-18)14-32-34-25/h1-14,23,30H,15-16H2,(H,31,33)(H,32,34). The van der Waals surface area contributed by atoms with Gasteiger partial charge in [0.1, 0.15) is 0 Å². The highest BCUT2D eigenvalue weighted by molar-refractivity contribution is 5.88. The van der Waals surface area contributed by atoms with Crippen molar-refractivity contribution in [3.63, 3.8) is 0 Å². The number of aromatic amines is 2. The van der Waals surface area contributed by atoms with Gasteiger partial charge in [-0.2, -0.15) is 10.2 Å². The van der Waals surface area contributed by atoms with Crippen molar-refractivity contribution < 1.29 is 4.74 Å². The van der Waals surface area contributed by atoms with Gasteiger partial charge in [-0.05, 0) is 70.8 Å². The molecular weight excluding hydrogens is 448 g/mol. The SMILES string of the molecule is c1cc2c(cc1-c1ccc3[nH]ncc3c1)Oc1cc(-c3ccc4[nH]ncc4c3)ccc1N2C1CNC1. The van der Waals surface area contributed by atoms with Crippen molar-refractivity contribution in [2.45, 2.75) is 6.04 Å². The second-order valence-electron chi connectivity index (χ2n) is 9.49. The summed E-state index contributed by atoms with van der Waals surface area (Å²) in [5.41, 5.74) is 8.80. The number of ether oxygens (including phenoxy) is 1. The van der Waals surface area contributed by atoms with Crippen LogP contribution < -0.4 is 15.0 Å². The van der Waals surface area contributed by atoms with Gasteiger partial charge in [-0.3, -0.25) is 10.2 Å². The molecule has 2 aliphatic heterocycles. The Morgan fingerprint density at radius 2 is 1.14 bits per heavy atom. The molecule has 6 aromatic rings. The van der Waals surface area contributed by atoms with E-state index < -0.39 is 0 Å². The van der Waals surface area contributed by atoms with Crippen molar-refractivity contribution in [1.29, 1.82) is 0 Å². The lowest BCUT2D eigenvalue weighted by Crippen LogP contribution is -2.56. The first-order chi connectivity index (χ1) is 17.8.